The molecule has 7 heteroatoms. The van der Waals surface area contributed by atoms with Crippen LogP contribution in [-0.2, 0) is 9.53 Å². The first kappa shape index (κ1) is 19.6. The van der Waals surface area contributed by atoms with Crippen LogP contribution in [0.4, 0.5) is 0 Å². The third-order valence-electron chi connectivity index (χ3n) is 3.70. The lowest BCUT2D eigenvalue weighted by molar-refractivity contribution is -0.123. The van der Waals surface area contributed by atoms with E-state index in [0.29, 0.717) is 10.8 Å². The summed E-state index contributed by atoms with van der Waals surface area (Å²) in [6, 6.07) is 11.6. The average molecular weight is 378 g/mol. The number of hydrogen-bond acceptors (Lipinski definition) is 5. The largest absolute Gasteiger partial charge is 0.497 e. The molecule has 0 bridgehead atoms. The van der Waals surface area contributed by atoms with Gasteiger partial charge in [-0.3, -0.25) is 4.79 Å². The fourth-order valence-corrected chi connectivity index (χ4v) is 2.41. The zero-order valence-electron chi connectivity index (χ0n) is 14.7. The average Bonchev–Trinajstić information content (AvgIpc) is 2.65. The maximum atomic E-state index is 12.2. The van der Waals surface area contributed by atoms with Gasteiger partial charge in [-0.25, -0.2) is 4.79 Å². The van der Waals surface area contributed by atoms with E-state index >= 15 is 0 Å². The quantitative estimate of drug-likeness (QED) is 0.748. The Morgan fingerprint density at radius 2 is 1.81 bits per heavy atom. The highest BCUT2D eigenvalue weighted by Gasteiger charge is 2.16. The van der Waals surface area contributed by atoms with Gasteiger partial charge in [0.1, 0.15) is 17.1 Å². The molecule has 0 radical (unpaired) electrons. The summed E-state index contributed by atoms with van der Waals surface area (Å²) < 4.78 is 15.3. The molecule has 0 aliphatic carbocycles. The van der Waals surface area contributed by atoms with Crippen molar-refractivity contribution in [1.29, 1.82) is 0 Å². The second-order valence-electron chi connectivity index (χ2n) is 5.48. The van der Waals surface area contributed by atoms with Gasteiger partial charge in [-0.2, -0.15) is 0 Å². The minimum absolute atomic E-state index is 0.213. The summed E-state index contributed by atoms with van der Waals surface area (Å²) in [4.78, 5) is 24.0. The van der Waals surface area contributed by atoms with Crippen LogP contribution in [0, 0.1) is 0 Å². The van der Waals surface area contributed by atoms with E-state index in [9.17, 15) is 9.59 Å². The van der Waals surface area contributed by atoms with E-state index in [-0.39, 0.29) is 29.9 Å². The molecule has 0 spiro atoms. The van der Waals surface area contributed by atoms with E-state index < -0.39 is 5.97 Å². The summed E-state index contributed by atoms with van der Waals surface area (Å²) in [6.07, 6.45) is 0. The molecule has 1 N–H and O–H groups in total. The van der Waals surface area contributed by atoms with E-state index in [1.165, 1.54) is 26.4 Å². The SMILES string of the molecule is COC(=O)c1ccc(OC)cc1OCC(=O)NC(C)c1ccc(Cl)cc1. The lowest BCUT2D eigenvalue weighted by Gasteiger charge is -2.16. The minimum Gasteiger partial charge on any atom is -0.497 e. The van der Waals surface area contributed by atoms with Crippen molar-refractivity contribution in [3.05, 3.63) is 58.6 Å². The molecule has 0 fully saturated rings. The van der Waals surface area contributed by atoms with Crippen LogP contribution in [0.2, 0.25) is 5.02 Å². The smallest absolute Gasteiger partial charge is 0.341 e. The van der Waals surface area contributed by atoms with Crippen LogP contribution >= 0.6 is 11.6 Å². The highest BCUT2D eigenvalue weighted by molar-refractivity contribution is 6.30. The number of ether oxygens (including phenoxy) is 3. The summed E-state index contributed by atoms with van der Waals surface area (Å²) in [5, 5.41) is 3.45. The van der Waals surface area contributed by atoms with Crippen molar-refractivity contribution in [3.8, 4) is 11.5 Å². The van der Waals surface area contributed by atoms with Gasteiger partial charge in [-0.05, 0) is 36.8 Å². The molecule has 0 heterocycles. The number of carbonyl (C=O) groups is 2. The van der Waals surface area contributed by atoms with Gasteiger partial charge in [0.2, 0.25) is 0 Å². The summed E-state index contributed by atoms with van der Waals surface area (Å²) in [7, 11) is 2.77. The number of halogens is 1. The fourth-order valence-electron chi connectivity index (χ4n) is 2.29. The van der Waals surface area contributed by atoms with Crippen LogP contribution < -0.4 is 14.8 Å². The predicted octanol–water partition coefficient (Wildman–Crippen LogP) is 3.39. The first-order valence-electron chi connectivity index (χ1n) is 7.88. The third-order valence-corrected chi connectivity index (χ3v) is 3.95. The van der Waals surface area contributed by atoms with E-state index in [4.69, 9.17) is 25.8 Å². The second kappa shape index (κ2) is 9.10. The number of esters is 1. The predicted molar refractivity (Wildman–Crippen MR) is 97.8 cm³/mol. The van der Waals surface area contributed by atoms with Crippen LogP contribution in [0.5, 0.6) is 11.5 Å². The van der Waals surface area contributed by atoms with Gasteiger partial charge in [0.05, 0.1) is 20.3 Å². The van der Waals surface area contributed by atoms with Gasteiger partial charge < -0.3 is 19.5 Å². The Morgan fingerprint density at radius 1 is 1.12 bits per heavy atom. The van der Waals surface area contributed by atoms with Crippen molar-refractivity contribution in [3.63, 3.8) is 0 Å². The Kier molecular flexibility index (Phi) is 6.86. The molecule has 2 aromatic carbocycles. The molecule has 0 saturated carbocycles. The molecule has 0 aliphatic rings. The van der Waals surface area contributed by atoms with E-state index in [2.05, 4.69) is 5.32 Å². The highest BCUT2D eigenvalue weighted by atomic mass is 35.5. The summed E-state index contributed by atoms with van der Waals surface area (Å²) in [5.41, 5.74) is 1.13. The molecule has 138 valence electrons. The van der Waals surface area contributed by atoms with Gasteiger partial charge in [0, 0.05) is 11.1 Å². The second-order valence-corrected chi connectivity index (χ2v) is 5.92. The van der Waals surface area contributed by atoms with Gasteiger partial charge in [0.15, 0.2) is 6.61 Å². The van der Waals surface area contributed by atoms with Crippen LogP contribution in [0.15, 0.2) is 42.5 Å². The number of carbonyl (C=O) groups excluding carboxylic acids is 2. The van der Waals surface area contributed by atoms with Crippen molar-refractivity contribution in [1.82, 2.24) is 5.32 Å². The zero-order valence-corrected chi connectivity index (χ0v) is 15.5. The van der Waals surface area contributed by atoms with Crippen molar-refractivity contribution >= 4 is 23.5 Å². The summed E-state index contributed by atoms with van der Waals surface area (Å²) >= 11 is 5.86. The van der Waals surface area contributed by atoms with Crippen molar-refractivity contribution in [2.24, 2.45) is 0 Å². The molecule has 2 rings (SSSR count). The first-order chi connectivity index (χ1) is 12.4. The molecule has 26 heavy (non-hydrogen) atoms. The Balaban J connectivity index is 2.02. The molecule has 1 unspecified atom stereocenters. The molecule has 0 saturated heterocycles. The number of nitrogens with one attached hydrogen (secondary N) is 1. The lowest BCUT2D eigenvalue weighted by Crippen LogP contribution is -2.31. The van der Waals surface area contributed by atoms with Gasteiger partial charge in [0.25, 0.3) is 5.91 Å². The Morgan fingerprint density at radius 3 is 2.42 bits per heavy atom. The highest BCUT2D eigenvalue weighted by Crippen LogP contribution is 2.25. The van der Waals surface area contributed by atoms with Crippen LogP contribution in [-0.4, -0.2) is 32.7 Å². The molecular weight excluding hydrogens is 358 g/mol. The van der Waals surface area contributed by atoms with Crippen LogP contribution in [0.1, 0.15) is 28.9 Å². The maximum Gasteiger partial charge on any atom is 0.341 e. The molecular formula is C19H20ClNO5. The van der Waals surface area contributed by atoms with E-state index in [0.717, 1.165) is 5.56 Å². The fraction of sp³-hybridized carbons (Fsp3) is 0.263. The van der Waals surface area contributed by atoms with Gasteiger partial charge >= 0.3 is 5.97 Å². The summed E-state index contributed by atoms with van der Waals surface area (Å²) in [6.45, 7) is 1.60. The summed E-state index contributed by atoms with van der Waals surface area (Å²) in [5.74, 6) is -0.170. The minimum atomic E-state index is -0.558. The van der Waals surface area contributed by atoms with Crippen molar-refractivity contribution in [2.45, 2.75) is 13.0 Å². The van der Waals surface area contributed by atoms with Crippen LogP contribution in [0.25, 0.3) is 0 Å². The topological polar surface area (TPSA) is 73.9 Å². The lowest BCUT2D eigenvalue weighted by atomic mass is 10.1. The standard InChI is InChI=1S/C19H20ClNO5/c1-12(13-4-6-14(20)7-5-13)21-18(22)11-26-17-10-15(24-2)8-9-16(17)19(23)25-3/h4-10,12H,11H2,1-3H3,(H,21,22). The molecule has 0 aromatic heterocycles. The monoisotopic (exact) mass is 377 g/mol. The molecule has 1 atom stereocenters. The third kappa shape index (κ3) is 5.13. The number of amides is 1. The number of benzene rings is 2. The van der Waals surface area contributed by atoms with Gasteiger partial charge in [-0.15, -0.1) is 0 Å². The molecule has 0 aliphatic heterocycles. The maximum absolute atomic E-state index is 12.2. The first-order valence-corrected chi connectivity index (χ1v) is 8.26. The van der Waals surface area contributed by atoms with Crippen molar-refractivity contribution < 1.29 is 23.8 Å². The van der Waals surface area contributed by atoms with Crippen LogP contribution in [0.3, 0.4) is 0 Å². The van der Waals surface area contributed by atoms with Crippen molar-refractivity contribution in [2.75, 3.05) is 20.8 Å². The normalized spacial score (nSPS) is 11.4. The number of methoxy groups -OCH3 is 2. The number of rotatable bonds is 7. The Bertz CT molecular complexity index is 776. The van der Waals surface area contributed by atoms with E-state index in [1.807, 2.05) is 19.1 Å². The van der Waals surface area contributed by atoms with E-state index in [1.54, 1.807) is 18.2 Å². The molecule has 2 aromatic rings. The molecule has 1 amide bonds. The Hall–Kier alpha value is -2.73. The number of hydrogen-bond donors (Lipinski definition) is 1. The van der Waals surface area contributed by atoms with Gasteiger partial charge in [-0.1, -0.05) is 23.7 Å². The Labute approximate surface area is 157 Å². The zero-order chi connectivity index (χ0) is 19.1. The molecule has 6 nitrogen and oxygen atoms in total.